The molecule has 22 heavy (non-hydrogen) atoms. The number of rotatable bonds is 6. The zero-order valence-corrected chi connectivity index (χ0v) is 14.2. The quantitative estimate of drug-likeness (QED) is 0.836. The number of likely N-dealkylation sites (tertiary alicyclic amines) is 1. The first-order valence-corrected chi connectivity index (χ1v) is 8.58. The van der Waals surface area contributed by atoms with Crippen LogP contribution in [0.15, 0.2) is 28.7 Å². The van der Waals surface area contributed by atoms with Crippen LogP contribution in [0.2, 0.25) is 0 Å². The fourth-order valence-electron chi connectivity index (χ4n) is 2.96. The Balaban J connectivity index is 1.80. The normalized spacial score (nSPS) is 18.2. The number of aliphatic carboxylic acids is 1. The van der Waals surface area contributed by atoms with Gasteiger partial charge in [0, 0.05) is 30.4 Å². The Hall–Kier alpha value is -1.36. The maximum atomic E-state index is 12.3. The van der Waals surface area contributed by atoms with Gasteiger partial charge < -0.3 is 10.0 Å². The summed E-state index contributed by atoms with van der Waals surface area (Å²) in [7, 11) is 0. The summed E-state index contributed by atoms with van der Waals surface area (Å²) in [5.74, 6) is -0.238. The molecule has 1 aliphatic rings. The second-order valence-corrected chi connectivity index (χ2v) is 6.83. The Bertz CT molecular complexity index is 532. The predicted molar refractivity (Wildman–Crippen MR) is 88.6 cm³/mol. The molecule has 0 radical (unpaired) electrons. The molecule has 0 spiro atoms. The molecule has 0 aliphatic carbocycles. The summed E-state index contributed by atoms with van der Waals surface area (Å²) in [6.07, 6.45) is 4.14. The molecule has 1 heterocycles. The fraction of sp³-hybridized carbons (Fsp3) is 0.529. The van der Waals surface area contributed by atoms with Gasteiger partial charge in [0.2, 0.25) is 5.91 Å². The van der Waals surface area contributed by atoms with E-state index in [1.165, 1.54) is 0 Å². The number of benzene rings is 1. The van der Waals surface area contributed by atoms with Gasteiger partial charge in [-0.2, -0.15) is 0 Å². The van der Waals surface area contributed by atoms with Gasteiger partial charge in [-0.25, -0.2) is 0 Å². The second kappa shape index (κ2) is 8.32. The first-order valence-electron chi connectivity index (χ1n) is 7.78. The maximum absolute atomic E-state index is 12.3. The van der Waals surface area contributed by atoms with E-state index in [9.17, 15) is 9.59 Å². The van der Waals surface area contributed by atoms with Crippen LogP contribution in [0.3, 0.4) is 0 Å². The van der Waals surface area contributed by atoms with Gasteiger partial charge in [-0.3, -0.25) is 9.59 Å². The number of aryl methyl sites for hydroxylation is 1. The maximum Gasteiger partial charge on any atom is 0.303 e. The zero-order valence-electron chi connectivity index (χ0n) is 12.6. The Morgan fingerprint density at radius 2 is 2.14 bits per heavy atom. The molecule has 0 aromatic heterocycles. The Morgan fingerprint density at radius 3 is 2.86 bits per heavy atom. The smallest absolute Gasteiger partial charge is 0.303 e. The largest absolute Gasteiger partial charge is 0.481 e. The highest BCUT2D eigenvalue weighted by Crippen LogP contribution is 2.22. The molecule has 1 aliphatic heterocycles. The zero-order chi connectivity index (χ0) is 15.9. The number of halogens is 1. The third-order valence-corrected chi connectivity index (χ3v) is 4.65. The van der Waals surface area contributed by atoms with Crippen LogP contribution in [0.25, 0.3) is 0 Å². The van der Waals surface area contributed by atoms with Gasteiger partial charge in [0.1, 0.15) is 0 Å². The molecule has 1 saturated heterocycles. The van der Waals surface area contributed by atoms with Gasteiger partial charge in [0.05, 0.1) is 0 Å². The summed E-state index contributed by atoms with van der Waals surface area (Å²) in [6, 6.07) is 8.03. The van der Waals surface area contributed by atoms with Gasteiger partial charge in [0.25, 0.3) is 0 Å². The number of piperidine rings is 1. The van der Waals surface area contributed by atoms with Crippen LogP contribution in [0.5, 0.6) is 0 Å². The fourth-order valence-corrected chi connectivity index (χ4v) is 3.40. The van der Waals surface area contributed by atoms with E-state index in [2.05, 4.69) is 15.9 Å². The minimum atomic E-state index is -0.752. The molecule has 4 nitrogen and oxygen atoms in total. The van der Waals surface area contributed by atoms with Crippen LogP contribution in [0.1, 0.15) is 37.7 Å². The molecule has 1 aromatic rings. The number of carbonyl (C=O) groups excluding carboxylic acids is 1. The number of carbonyl (C=O) groups is 2. The molecule has 120 valence electrons. The topological polar surface area (TPSA) is 57.6 Å². The number of hydrogen-bond donors (Lipinski definition) is 1. The summed E-state index contributed by atoms with van der Waals surface area (Å²) in [4.78, 5) is 24.9. The van der Waals surface area contributed by atoms with Crippen molar-refractivity contribution in [3.8, 4) is 0 Å². The van der Waals surface area contributed by atoms with Crippen molar-refractivity contribution in [3.05, 3.63) is 34.3 Å². The standard InChI is InChI=1S/C17H22BrNO3/c18-15-5-1-3-13(11-15)6-8-16(20)19-10-2-4-14(12-19)7-9-17(21)22/h1,3,5,11,14H,2,4,6-10,12H2,(H,21,22). The van der Waals surface area contributed by atoms with Crippen molar-refractivity contribution in [2.24, 2.45) is 5.92 Å². The summed E-state index contributed by atoms with van der Waals surface area (Å²) in [5, 5.41) is 8.77. The molecule has 5 heteroatoms. The molecule has 0 bridgehead atoms. The predicted octanol–water partition coefficient (Wildman–Crippen LogP) is 3.49. The SMILES string of the molecule is O=C(O)CCC1CCCN(C(=O)CCc2cccc(Br)c2)C1. The number of nitrogens with zero attached hydrogens (tertiary/aromatic N) is 1. The van der Waals surface area contributed by atoms with Crippen LogP contribution in [0, 0.1) is 5.92 Å². The van der Waals surface area contributed by atoms with E-state index in [-0.39, 0.29) is 12.3 Å². The van der Waals surface area contributed by atoms with Gasteiger partial charge in [-0.1, -0.05) is 28.1 Å². The third kappa shape index (κ3) is 5.44. The van der Waals surface area contributed by atoms with Gasteiger partial charge in [-0.05, 0) is 49.3 Å². The lowest BCUT2D eigenvalue weighted by Crippen LogP contribution is -2.40. The van der Waals surface area contributed by atoms with Crippen LogP contribution >= 0.6 is 15.9 Å². The van der Waals surface area contributed by atoms with Gasteiger partial charge in [0.15, 0.2) is 0 Å². The molecule has 1 N–H and O–H groups in total. The molecule has 1 fully saturated rings. The lowest BCUT2D eigenvalue weighted by Gasteiger charge is -2.32. The minimum absolute atomic E-state index is 0.181. The third-order valence-electron chi connectivity index (χ3n) is 4.15. The summed E-state index contributed by atoms with van der Waals surface area (Å²) >= 11 is 3.44. The van der Waals surface area contributed by atoms with Crippen LogP contribution in [-0.2, 0) is 16.0 Å². The Kier molecular flexibility index (Phi) is 6.43. The van der Waals surface area contributed by atoms with Crippen molar-refractivity contribution in [1.29, 1.82) is 0 Å². The molecule has 1 aromatic carbocycles. The van der Waals surface area contributed by atoms with E-state index in [1.807, 2.05) is 29.2 Å². The summed E-state index contributed by atoms with van der Waals surface area (Å²) < 4.78 is 1.03. The van der Waals surface area contributed by atoms with E-state index >= 15 is 0 Å². The van der Waals surface area contributed by atoms with E-state index in [4.69, 9.17) is 5.11 Å². The lowest BCUT2D eigenvalue weighted by atomic mass is 9.93. The molecule has 0 saturated carbocycles. The lowest BCUT2D eigenvalue weighted by molar-refractivity contribution is -0.137. The number of amides is 1. The molecular formula is C17H22BrNO3. The van der Waals surface area contributed by atoms with E-state index in [0.29, 0.717) is 25.3 Å². The van der Waals surface area contributed by atoms with Crippen molar-refractivity contribution >= 4 is 27.8 Å². The Labute approximate surface area is 139 Å². The summed E-state index contributed by atoms with van der Waals surface area (Å²) in [6.45, 7) is 1.52. The van der Waals surface area contributed by atoms with Crippen molar-refractivity contribution in [2.75, 3.05) is 13.1 Å². The molecular weight excluding hydrogens is 346 g/mol. The summed E-state index contributed by atoms with van der Waals surface area (Å²) in [5.41, 5.74) is 1.15. The van der Waals surface area contributed by atoms with E-state index < -0.39 is 5.97 Å². The highest BCUT2D eigenvalue weighted by molar-refractivity contribution is 9.10. The molecule has 2 rings (SSSR count). The molecule has 1 amide bonds. The van der Waals surface area contributed by atoms with Crippen molar-refractivity contribution in [3.63, 3.8) is 0 Å². The second-order valence-electron chi connectivity index (χ2n) is 5.91. The average Bonchev–Trinajstić information content (AvgIpc) is 2.51. The average molecular weight is 368 g/mol. The first-order chi connectivity index (χ1) is 10.5. The minimum Gasteiger partial charge on any atom is -0.481 e. The number of carboxylic acids is 1. The highest BCUT2D eigenvalue weighted by Gasteiger charge is 2.23. The Morgan fingerprint density at radius 1 is 1.32 bits per heavy atom. The molecule has 1 atom stereocenters. The highest BCUT2D eigenvalue weighted by atomic mass is 79.9. The van der Waals surface area contributed by atoms with Crippen molar-refractivity contribution in [1.82, 2.24) is 4.90 Å². The molecule has 1 unspecified atom stereocenters. The van der Waals surface area contributed by atoms with Crippen LogP contribution in [-0.4, -0.2) is 35.0 Å². The monoisotopic (exact) mass is 367 g/mol. The van der Waals surface area contributed by atoms with Crippen LogP contribution < -0.4 is 0 Å². The number of carboxylic acid groups (broad SMARTS) is 1. The van der Waals surface area contributed by atoms with E-state index in [0.717, 1.165) is 35.8 Å². The number of hydrogen-bond acceptors (Lipinski definition) is 2. The van der Waals surface area contributed by atoms with Crippen LogP contribution in [0.4, 0.5) is 0 Å². The van der Waals surface area contributed by atoms with Gasteiger partial charge in [-0.15, -0.1) is 0 Å². The van der Waals surface area contributed by atoms with E-state index in [1.54, 1.807) is 0 Å². The van der Waals surface area contributed by atoms with Crippen molar-refractivity contribution in [2.45, 2.75) is 38.5 Å². The van der Waals surface area contributed by atoms with Crippen molar-refractivity contribution < 1.29 is 14.7 Å². The first kappa shape index (κ1) is 17.0. The van der Waals surface area contributed by atoms with Gasteiger partial charge >= 0.3 is 5.97 Å².